The van der Waals surface area contributed by atoms with Crippen LogP contribution in [0.4, 0.5) is 5.82 Å². The van der Waals surface area contributed by atoms with Crippen molar-refractivity contribution in [2.75, 3.05) is 44.9 Å². The molecule has 0 amide bonds. The van der Waals surface area contributed by atoms with Gasteiger partial charge in [-0.05, 0) is 57.3 Å². The van der Waals surface area contributed by atoms with Gasteiger partial charge < -0.3 is 15.0 Å². The van der Waals surface area contributed by atoms with Crippen LogP contribution in [0.25, 0.3) is 11.3 Å². The third kappa shape index (κ3) is 7.54. The highest BCUT2D eigenvalue weighted by molar-refractivity contribution is 7.91. The average molecular weight is 473 g/mol. The van der Waals surface area contributed by atoms with Crippen molar-refractivity contribution in [2.24, 2.45) is 0 Å². The van der Waals surface area contributed by atoms with Crippen molar-refractivity contribution in [1.82, 2.24) is 24.6 Å². The van der Waals surface area contributed by atoms with Gasteiger partial charge in [-0.3, -0.25) is 4.68 Å². The van der Waals surface area contributed by atoms with Crippen molar-refractivity contribution in [3.8, 4) is 17.0 Å². The number of anilines is 1. The molecule has 0 unspecified atom stereocenters. The number of sulfone groups is 1. The van der Waals surface area contributed by atoms with E-state index in [1.807, 2.05) is 55.3 Å². The Bertz CT molecular complexity index is 1100. The molecule has 1 N–H and O–H groups in total. The number of benzene rings is 1. The van der Waals surface area contributed by atoms with Crippen LogP contribution in [-0.4, -0.2) is 72.6 Å². The zero-order valence-corrected chi connectivity index (χ0v) is 20.3. The maximum absolute atomic E-state index is 12.5. The molecule has 0 radical (unpaired) electrons. The SMILES string of the molecule is CCS(=O)(=O)c1nc(NCCCn2cccn2)cc(-c2ccc(OCCCN(C)C)cc2)n1. The summed E-state index contributed by atoms with van der Waals surface area (Å²) in [7, 11) is 0.515. The van der Waals surface area contributed by atoms with Gasteiger partial charge in [0, 0.05) is 43.7 Å². The van der Waals surface area contributed by atoms with E-state index in [0.717, 1.165) is 37.2 Å². The van der Waals surface area contributed by atoms with Crippen LogP contribution in [0, 0.1) is 0 Å². The van der Waals surface area contributed by atoms with Crippen molar-refractivity contribution < 1.29 is 13.2 Å². The van der Waals surface area contributed by atoms with Gasteiger partial charge in [0.2, 0.25) is 15.0 Å². The summed E-state index contributed by atoms with van der Waals surface area (Å²) in [5.41, 5.74) is 1.34. The van der Waals surface area contributed by atoms with Crippen molar-refractivity contribution >= 4 is 15.7 Å². The zero-order chi connectivity index (χ0) is 23.7. The van der Waals surface area contributed by atoms with E-state index in [2.05, 4.69) is 25.3 Å². The predicted molar refractivity (Wildman–Crippen MR) is 129 cm³/mol. The standard InChI is InChI=1S/C23H32N6O3S/c1-4-33(30,31)23-26-21(18-22(27-23)24-12-5-15-29-16-6-13-25-29)19-8-10-20(11-9-19)32-17-7-14-28(2)3/h6,8-11,13,16,18H,4-5,7,12,14-15,17H2,1-3H3,(H,24,26,27). The number of hydrogen-bond acceptors (Lipinski definition) is 8. The molecule has 0 bridgehead atoms. The van der Waals surface area contributed by atoms with Crippen molar-refractivity contribution in [3.63, 3.8) is 0 Å². The van der Waals surface area contributed by atoms with Crippen LogP contribution < -0.4 is 10.1 Å². The van der Waals surface area contributed by atoms with Gasteiger partial charge in [-0.25, -0.2) is 18.4 Å². The molecule has 0 fully saturated rings. The largest absolute Gasteiger partial charge is 0.494 e. The van der Waals surface area contributed by atoms with Gasteiger partial charge in [-0.2, -0.15) is 5.10 Å². The van der Waals surface area contributed by atoms with Crippen molar-refractivity contribution in [2.45, 2.75) is 31.5 Å². The van der Waals surface area contributed by atoms with E-state index in [1.165, 1.54) is 0 Å². The van der Waals surface area contributed by atoms with E-state index in [9.17, 15) is 8.42 Å². The number of nitrogens with zero attached hydrogens (tertiary/aromatic N) is 5. The fourth-order valence-electron chi connectivity index (χ4n) is 3.11. The van der Waals surface area contributed by atoms with E-state index in [4.69, 9.17) is 4.74 Å². The molecule has 0 saturated heterocycles. The molecule has 9 nitrogen and oxygen atoms in total. The summed E-state index contributed by atoms with van der Waals surface area (Å²) in [6.07, 6.45) is 5.40. The number of aromatic nitrogens is 4. The quantitative estimate of drug-likeness (QED) is 0.299. The van der Waals surface area contributed by atoms with E-state index in [0.29, 0.717) is 24.7 Å². The Morgan fingerprint density at radius 2 is 1.91 bits per heavy atom. The summed E-state index contributed by atoms with van der Waals surface area (Å²) in [5.74, 6) is 1.19. The van der Waals surface area contributed by atoms with Gasteiger partial charge in [0.1, 0.15) is 11.6 Å². The molecule has 0 spiro atoms. The topological polar surface area (TPSA) is 102 Å². The van der Waals surface area contributed by atoms with Gasteiger partial charge in [0.05, 0.1) is 18.1 Å². The summed E-state index contributed by atoms with van der Waals surface area (Å²) in [6, 6.07) is 11.2. The molecule has 178 valence electrons. The van der Waals surface area contributed by atoms with Crippen LogP contribution in [0.2, 0.25) is 0 Å². The minimum Gasteiger partial charge on any atom is -0.494 e. The molecule has 2 heterocycles. The lowest BCUT2D eigenvalue weighted by Crippen LogP contribution is -2.15. The summed E-state index contributed by atoms with van der Waals surface area (Å²) < 4.78 is 32.6. The van der Waals surface area contributed by atoms with E-state index < -0.39 is 9.84 Å². The van der Waals surface area contributed by atoms with Crippen molar-refractivity contribution in [3.05, 3.63) is 48.8 Å². The average Bonchev–Trinajstić information content (AvgIpc) is 3.33. The lowest BCUT2D eigenvalue weighted by molar-refractivity contribution is 0.281. The Balaban J connectivity index is 1.71. The monoisotopic (exact) mass is 472 g/mol. The van der Waals surface area contributed by atoms with Crippen molar-refractivity contribution in [1.29, 1.82) is 0 Å². The molecule has 0 atom stereocenters. The van der Waals surface area contributed by atoms with Crippen LogP contribution >= 0.6 is 0 Å². The number of ether oxygens (including phenoxy) is 1. The molecule has 0 aliphatic rings. The first kappa shape index (κ1) is 24.7. The second-order valence-electron chi connectivity index (χ2n) is 7.90. The van der Waals surface area contributed by atoms with Gasteiger partial charge in [0.25, 0.3) is 0 Å². The number of nitrogens with one attached hydrogen (secondary N) is 1. The number of rotatable bonds is 13. The van der Waals surface area contributed by atoms with Crippen LogP contribution in [0.15, 0.2) is 53.9 Å². The van der Waals surface area contributed by atoms with Crippen LogP contribution in [0.3, 0.4) is 0 Å². The Morgan fingerprint density at radius 1 is 1.12 bits per heavy atom. The third-order valence-electron chi connectivity index (χ3n) is 4.96. The van der Waals surface area contributed by atoms with Crippen LogP contribution in [0.5, 0.6) is 5.75 Å². The maximum atomic E-state index is 12.5. The Hall–Kier alpha value is -2.98. The van der Waals surface area contributed by atoms with Gasteiger partial charge >= 0.3 is 0 Å². The van der Waals surface area contributed by atoms with Crippen LogP contribution in [0.1, 0.15) is 19.8 Å². The van der Waals surface area contributed by atoms with E-state index >= 15 is 0 Å². The Morgan fingerprint density at radius 3 is 2.58 bits per heavy atom. The molecule has 10 heteroatoms. The second kappa shape index (κ2) is 11.8. The fourth-order valence-corrected chi connectivity index (χ4v) is 3.85. The fraction of sp³-hybridized carbons (Fsp3) is 0.435. The number of aryl methyl sites for hydroxylation is 1. The normalized spacial score (nSPS) is 11.6. The second-order valence-corrected chi connectivity index (χ2v) is 10.1. The minimum atomic E-state index is -3.55. The predicted octanol–water partition coefficient (Wildman–Crippen LogP) is 2.97. The maximum Gasteiger partial charge on any atom is 0.249 e. The van der Waals surface area contributed by atoms with Gasteiger partial charge in [0.15, 0.2) is 0 Å². The molecule has 2 aromatic heterocycles. The molecular formula is C23H32N6O3S. The molecular weight excluding hydrogens is 440 g/mol. The zero-order valence-electron chi connectivity index (χ0n) is 19.4. The lowest BCUT2D eigenvalue weighted by Gasteiger charge is -2.12. The summed E-state index contributed by atoms with van der Waals surface area (Å²) in [4.78, 5) is 10.7. The Labute approximate surface area is 195 Å². The molecule has 3 rings (SSSR count). The third-order valence-corrected chi connectivity index (χ3v) is 6.46. The molecule has 1 aromatic carbocycles. The smallest absolute Gasteiger partial charge is 0.249 e. The van der Waals surface area contributed by atoms with E-state index in [1.54, 1.807) is 19.2 Å². The van der Waals surface area contributed by atoms with Gasteiger partial charge in [-0.1, -0.05) is 6.92 Å². The summed E-state index contributed by atoms with van der Waals surface area (Å²) >= 11 is 0. The number of hydrogen-bond donors (Lipinski definition) is 1. The summed E-state index contributed by atoms with van der Waals surface area (Å²) in [6.45, 7) is 4.57. The first-order valence-corrected chi connectivity index (χ1v) is 12.7. The molecule has 0 aliphatic heterocycles. The van der Waals surface area contributed by atoms with E-state index in [-0.39, 0.29) is 10.9 Å². The van der Waals surface area contributed by atoms with Crippen LogP contribution in [-0.2, 0) is 16.4 Å². The first-order chi connectivity index (χ1) is 15.9. The van der Waals surface area contributed by atoms with Gasteiger partial charge in [-0.15, -0.1) is 0 Å². The molecule has 0 aliphatic carbocycles. The molecule has 0 saturated carbocycles. The highest BCUT2D eigenvalue weighted by atomic mass is 32.2. The summed E-state index contributed by atoms with van der Waals surface area (Å²) in [5, 5.41) is 7.24. The highest BCUT2D eigenvalue weighted by Gasteiger charge is 2.18. The molecule has 3 aromatic rings. The molecule has 33 heavy (non-hydrogen) atoms. The first-order valence-electron chi connectivity index (χ1n) is 11.1. The Kier molecular flexibility index (Phi) is 8.79. The highest BCUT2D eigenvalue weighted by Crippen LogP contribution is 2.24. The minimum absolute atomic E-state index is 0.0606. The lowest BCUT2D eigenvalue weighted by atomic mass is 10.1.